The maximum absolute atomic E-state index is 12.1. The molecule has 0 spiro atoms. The molecule has 102 valence electrons. The summed E-state index contributed by atoms with van der Waals surface area (Å²) in [7, 11) is 0. The molecular weight excluding hydrogens is 232 g/mol. The van der Waals surface area contributed by atoms with Crippen LogP contribution in [0.1, 0.15) is 38.5 Å². The normalized spacial score (nSPS) is 22.0. The van der Waals surface area contributed by atoms with Gasteiger partial charge in [0.15, 0.2) is 0 Å². The summed E-state index contributed by atoms with van der Waals surface area (Å²) >= 11 is 0. The van der Waals surface area contributed by atoms with E-state index in [0.717, 1.165) is 6.42 Å². The van der Waals surface area contributed by atoms with Gasteiger partial charge in [0, 0.05) is 32.6 Å². The molecule has 1 aliphatic heterocycles. The molecule has 0 bridgehead atoms. The second-order valence-corrected chi connectivity index (χ2v) is 5.36. The molecule has 0 aromatic carbocycles. The Kier molecular flexibility index (Phi) is 4.44. The molecule has 5 nitrogen and oxygen atoms in total. The quantitative estimate of drug-likeness (QED) is 0.817. The first-order valence-corrected chi connectivity index (χ1v) is 6.92. The Morgan fingerprint density at radius 3 is 2.22 bits per heavy atom. The second kappa shape index (κ2) is 6.07. The third-order valence-corrected chi connectivity index (χ3v) is 4.06. The van der Waals surface area contributed by atoms with Gasteiger partial charge in [0.05, 0.1) is 0 Å². The van der Waals surface area contributed by atoms with Gasteiger partial charge in [-0.3, -0.25) is 4.79 Å². The monoisotopic (exact) mass is 254 g/mol. The van der Waals surface area contributed by atoms with Crippen LogP contribution < -0.4 is 0 Å². The van der Waals surface area contributed by atoms with Crippen molar-refractivity contribution >= 4 is 12.0 Å². The Morgan fingerprint density at radius 1 is 0.944 bits per heavy atom. The zero-order valence-electron chi connectivity index (χ0n) is 10.8. The SMILES string of the molecule is O=C(O)N1CCCN(C(=O)CC2CCCC2)CC1. The fraction of sp³-hybridized carbons (Fsp3) is 0.846. The van der Waals surface area contributed by atoms with Crippen LogP contribution in [-0.4, -0.2) is 53.1 Å². The van der Waals surface area contributed by atoms with Gasteiger partial charge in [0.2, 0.25) is 5.91 Å². The molecule has 1 saturated carbocycles. The standard InChI is InChI=1S/C13H22N2O3/c16-12(10-11-4-1-2-5-11)14-6-3-7-15(9-8-14)13(17)18/h11H,1-10H2,(H,17,18). The van der Waals surface area contributed by atoms with Gasteiger partial charge in [-0.25, -0.2) is 4.79 Å². The average molecular weight is 254 g/mol. The molecule has 0 aromatic rings. The number of amides is 2. The molecule has 5 heteroatoms. The largest absolute Gasteiger partial charge is 0.465 e. The van der Waals surface area contributed by atoms with Gasteiger partial charge in [0.25, 0.3) is 0 Å². The third-order valence-electron chi connectivity index (χ3n) is 4.06. The van der Waals surface area contributed by atoms with E-state index < -0.39 is 6.09 Å². The summed E-state index contributed by atoms with van der Waals surface area (Å²) in [5, 5.41) is 8.94. The van der Waals surface area contributed by atoms with Crippen LogP contribution in [0.2, 0.25) is 0 Å². The molecule has 18 heavy (non-hydrogen) atoms. The van der Waals surface area contributed by atoms with Crippen LogP contribution in [0.15, 0.2) is 0 Å². The van der Waals surface area contributed by atoms with E-state index in [1.807, 2.05) is 4.90 Å². The smallest absolute Gasteiger partial charge is 0.407 e. The van der Waals surface area contributed by atoms with Crippen LogP contribution in [0.3, 0.4) is 0 Å². The van der Waals surface area contributed by atoms with Crippen LogP contribution in [-0.2, 0) is 4.79 Å². The lowest BCUT2D eigenvalue weighted by Crippen LogP contribution is -2.37. The number of hydrogen-bond acceptors (Lipinski definition) is 2. The van der Waals surface area contributed by atoms with E-state index >= 15 is 0 Å². The molecule has 1 aliphatic carbocycles. The summed E-state index contributed by atoms with van der Waals surface area (Å²) in [5.41, 5.74) is 0. The zero-order valence-corrected chi connectivity index (χ0v) is 10.8. The Morgan fingerprint density at radius 2 is 1.56 bits per heavy atom. The molecule has 0 unspecified atom stereocenters. The van der Waals surface area contributed by atoms with Gasteiger partial charge in [-0.1, -0.05) is 12.8 Å². The highest BCUT2D eigenvalue weighted by Gasteiger charge is 2.24. The summed E-state index contributed by atoms with van der Waals surface area (Å²) in [6, 6.07) is 0. The Labute approximate surface area is 108 Å². The molecule has 2 aliphatic rings. The van der Waals surface area contributed by atoms with E-state index in [-0.39, 0.29) is 5.91 Å². The lowest BCUT2D eigenvalue weighted by atomic mass is 10.0. The first-order valence-electron chi connectivity index (χ1n) is 6.92. The van der Waals surface area contributed by atoms with Gasteiger partial charge in [-0.15, -0.1) is 0 Å². The van der Waals surface area contributed by atoms with Crippen molar-refractivity contribution in [2.75, 3.05) is 26.2 Å². The summed E-state index contributed by atoms with van der Waals surface area (Å²) < 4.78 is 0. The van der Waals surface area contributed by atoms with Crippen molar-refractivity contribution in [2.24, 2.45) is 5.92 Å². The van der Waals surface area contributed by atoms with Crippen molar-refractivity contribution in [3.8, 4) is 0 Å². The van der Waals surface area contributed by atoms with E-state index in [1.165, 1.54) is 30.6 Å². The van der Waals surface area contributed by atoms with Gasteiger partial charge in [0.1, 0.15) is 0 Å². The molecule has 2 fully saturated rings. The predicted octanol–water partition coefficient (Wildman–Crippen LogP) is 1.78. The van der Waals surface area contributed by atoms with Gasteiger partial charge in [-0.2, -0.15) is 0 Å². The number of carbonyl (C=O) groups is 2. The van der Waals surface area contributed by atoms with Gasteiger partial charge in [-0.05, 0) is 25.2 Å². The number of hydrogen-bond donors (Lipinski definition) is 1. The summed E-state index contributed by atoms with van der Waals surface area (Å²) in [6.07, 6.45) is 5.41. The van der Waals surface area contributed by atoms with Crippen molar-refractivity contribution in [1.82, 2.24) is 9.80 Å². The Balaban J connectivity index is 1.81. The minimum atomic E-state index is -0.875. The molecule has 0 atom stereocenters. The number of carboxylic acid groups (broad SMARTS) is 1. The van der Waals surface area contributed by atoms with Crippen molar-refractivity contribution in [2.45, 2.75) is 38.5 Å². The maximum Gasteiger partial charge on any atom is 0.407 e. The van der Waals surface area contributed by atoms with E-state index in [2.05, 4.69) is 0 Å². The van der Waals surface area contributed by atoms with Crippen LogP contribution in [0.5, 0.6) is 0 Å². The lowest BCUT2D eigenvalue weighted by molar-refractivity contribution is -0.132. The Hall–Kier alpha value is -1.26. The maximum atomic E-state index is 12.1. The predicted molar refractivity (Wildman–Crippen MR) is 67.4 cm³/mol. The van der Waals surface area contributed by atoms with E-state index in [4.69, 9.17) is 5.11 Å². The molecule has 1 saturated heterocycles. The highest BCUT2D eigenvalue weighted by atomic mass is 16.4. The summed E-state index contributed by atoms with van der Waals surface area (Å²) in [6.45, 7) is 2.25. The lowest BCUT2D eigenvalue weighted by Gasteiger charge is -2.22. The number of rotatable bonds is 2. The number of carbonyl (C=O) groups excluding carboxylic acids is 1. The minimum absolute atomic E-state index is 0.217. The fourth-order valence-corrected chi connectivity index (χ4v) is 2.95. The van der Waals surface area contributed by atoms with Gasteiger partial charge < -0.3 is 14.9 Å². The first-order chi connectivity index (χ1) is 8.66. The third kappa shape index (κ3) is 3.37. The van der Waals surface area contributed by atoms with Crippen LogP contribution in [0.25, 0.3) is 0 Å². The average Bonchev–Trinajstić information content (AvgIpc) is 2.70. The molecule has 2 amide bonds. The van der Waals surface area contributed by atoms with Crippen molar-refractivity contribution in [3.63, 3.8) is 0 Å². The summed E-state index contributed by atoms with van der Waals surface area (Å²) in [4.78, 5) is 26.3. The topological polar surface area (TPSA) is 60.9 Å². The van der Waals surface area contributed by atoms with Crippen LogP contribution in [0, 0.1) is 5.92 Å². The second-order valence-electron chi connectivity index (χ2n) is 5.36. The molecule has 1 N–H and O–H groups in total. The van der Waals surface area contributed by atoms with Gasteiger partial charge >= 0.3 is 6.09 Å². The highest BCUT2D eigenvalue weighted by molar-refractivity contribution is 5.76. The minimum Gasteiger partial charge on any atom is -0.465 e. The molecule has 0 radical (unpaired) electrons. The highest BCUT2D eigenvalue weighted by Crippen LogP contribution is 2.28. The fourth-order valence-electron chi connectivity index (χ4n) is 2.95. The molecule has 1 heterocycles. The Bertz CT molecular complexity index is 313. The van der Waals surface area contributed by atoms with Crippen molar-refractivity contribution < 1.29 is 14.7 Å². The van der Waals surface area contributed by atoms with E-state index in [0.29, 0.717) is 38.5 Å². The zero-order chi connectivity index (χ0) is 13.0. The number of nitrogens with zero attached hydrogens (tertiary/aromatic N) is 2. The molecule has 0 aromatic heterocycles. The summed E-state index contributed by atoms with van der Waals surface area (Å²) in [5.74, 6) is 0.783. The van der Waals surface area contributed by atoms with E-state index in [9.17, 15) is 9.59 Å². The van der Waals surface area contributed by atoms with Crippen molar-refractivity contribution in [1.29, 1.82) is 0 Å². The molecular formula is C13H22N2O3. The van der Waals surface area contributed by atoms with E-state index in [1.54, 1.807) is 0 Å². The first kappa shape index (κ1) is 13.2. The van der Waals surface area contributed by atoms with Crippen molar-refractivity contribution in [3.05, 3.63) is 0 Å². The van der Waals surface area contributed by atoms with Crippen LogP contribution >= 0.6 is 0 Å². The van der Waals surface area contributed by atoms with Crippen LogP contribution in [0.4, 0.5) is 4.79 Å². The molecule has 2 rings (SSSR count).